The molecule has 4 heteroatoms. The van der Waals surface area contributed by atoms with Gasteiger partial charge in [-0.05, 0) is 33.6 Å². The Morgan fingerprint density at radius 1 is 1.25 bits per heavy atom. The average molecular weight is 275 g/mol. The van der Waals surface area contributed by atoms with Crippen LogP contribution in [0.15, 0.2) is 24.3 Å². The zero-order valence-electron chi connectivity index (χ0n) is 12.3. The molecule has 1 saturated heterocycles. The SMILES string of the molecule is Cc1ccc(C(=O)[C@@H]2CCCN2C(=O)OC(C)C)cc1. The molecule has 0 unspecified atom stereocenters. The summed E-state index contributed by atoms with van der Waals surface area (Å²) in [6.07, 6.45) is 0.997. The first-order valence-corrected chi connectivity index (χ1v) is 7.07. The number of likely N-dealkylation sites (tertiary alicyclic amines) is 1. The maximum absolute atomic E-state index is 12.5. The predicted molar refractivity (Wildman–Crippen MR) is 76.9 cm³/mol. The molecule has 0 spiro atoms. The summed E-state index contributed by atoms with van der Waals surface area (Å²) >= 11 is 0. The molecule has 1 aliphatic heterocycles. The molecule has 0 saturated carbocycles. The Labute approximate surface area is 119 Å². The lowest BCUT2D eigenvalue weighted by Gasteiger charge is -2.24. The summed E-state index contributed by atoms with van der Waals surface area (Å²) in [7, 11) is 0. The third-order valence-electron chi connectivity index (χ3n) is 3.46. The van der Waals surface area contributed by atoms with Crippen LogP contribution in [-0.4, -0.2) is 35.5 Å². The number of Topliss-reactive ketones (excluding diaryl/α,β-unsaturated/α-hetero) is 1. The van der Waals surface area contributed by atoms with E-state index in [1.54, 1.807) is 4.90 Å². The standard InChI is InChI=1S/C16H21NO3/c1-11(2)20-16(19)17-10-4-5-14(17)15(18)13-8-6-12(3)7-9-13/h6-9,11,14H,4-5,10H2,1-3H3/t14-/m0/s1. The molecule has 1 aromatic carbocycles. The van der Waals surface area contributed by atoms with Crippen LogP contribution in [0.1, 0.15) is 42.6 Å². The van der Waals surface area contributed by atoms with Crippen LogP contribution in [0.5, 0.6) is 0 Å². The summed E-state index contributed by atoms with van der Waals surface area (Å²) in [5, 5.41) is 0. The van der Waals surface area contributed by atoms with Crippen LogP contribution >= 0.6 is 0 Å². The van der Waals surface area contributed by atoms with Crippen LogP contribution in [-0.2, 0) is 4.74 Å². The van der Waals surface area contributed by atoms with Gasteiger partial charge in [0.15, 0.2) is 5.78 Å². The number of nitrogens with zero attached hydrogens (tertiary/aromatic N) is 1. The van der Waals surface area contributed by atoms with Gasteiger partial charge in [-0.3, -0.25) is 9.69 Å². The van der Waals surface area contributed by atoms with Crippen molar-refractivity contribution >= 4 is 11.9 Å². The summed E-state index contributed by atoms with van der Waals surface area (Å²) in [5.74, 6) is 0.00297. The minimum atomic E-state index is -0.386. The monoisotopic (exact) mass is 275 g/mol. The first-order valence-electron chi connectivity index (χ1n) is 7.07. The van der Waals surface area contributed by atoms with Crippen molar-refractivity contribution in [3.05, 3.63) is 35.4 Å². The first-order chi connectivity index (χ1) is 9.49. The first kappa shape index (κ1) is 14.6. The quantitative estimate of drug-likeness (QED) is 0.796. The number of aryl methyl sites for hydroxylation is 1. The number of hydrogen-bond donors (Lipinski definition) is 0. The Morgan fingerprint density at radius 3 is 2.50 bits per heavy atom. The Kier molecular flexibility index (Phi) is 4.42. The van der Waals surface area contributed by atoms with E-state index in [2.05, 4.69) is 0 Å². The molecule has 0 aliphatic carbocycles. The van der Waals surface area contributed by atoms with Crippen molar-refractivity contribution in [3.63, 3.8) is 0 Å². The molecular formula is C16H21NO3. The molecule has 1 atom stereocenters. The molecule has 1 fully saturated rings. The fourth-order valence-corrected chi connectivity index (χ4v) is 2.44. The molecule has 0 bridgehead atoms. The predicted octanol–water partition coefficient (Wildman–Crippen LogP) is 3.19. The lowest BCUT2D eigenvalue weighted by Crippen LogP contribution is -2.41. The molecule has 0 radical (unpaired) electrons. The lowest BCUT2D eigenvalue weighted by molar-refractivity contribution is 0.0640. The van der Waals surface area contributed by atoms with Gasteiger partial charge in [0.2, 0.25) is 0 Å². The van der Waals surface area contributed by atoms with E-state index in [9.17, 15) is 9.59 Å². The van der Waals surface area contributed by atoms with Gasteiger partial charge in [-0.2, -0.15) is 0 Å². The highest BCUT2D eigenvalue weighted by molar-refractivity contribution is 6.01. The highest BCUT2D eigenvalue weighted by Crippen LogP contribution is 2.22. The summed E-state index contributed by atoms with van der Waals surface area (Å²) in [6, 6.07) is 7.09. The Bertz CT molecular complexity index is 493. The van der Waals surface area contributed by atoms with Crippen LogP contribution in [0.2, 0.25) is 0 Å². The number of rotatable bonds is 3. The Hall–Kier alpha value is -1.84. The molecule has 0 N–H and O–H groups in total. The van der Waals surface area contributed by atoms with E-state index in [0.29, 0.717) is 18.5 Å². The number of amides is 1. The minimum absolute atomic E-state index is 0.00297. The van der Waals surface area contributed by atoms with E-state index < -0.39 is 0 Å². The van der Waals surface area contributed by atoms with Crippen molar-refractivity contribution in [2.75, 3.05) is 6.54 Å². The van der Waals surface area contributed by atoms with Crippen LogP contribution in [0.3, 0.4) is 0 Å². The highest BCUT2D eigenvalue weighted by Gasteiger charge is 2.35. The molecular weight excluding hydrogens is 254 g/mol. The average Bonchev–Trinajstić information content (AvgIpc) is 2.87. The minimum Gasteiger partial charge on any atom is -0.447 e. The number of hydrogen-bond acceptors (Lipinski definition) is 3. The Balaban J connectivity index is 2.12. The van der Waals surface area contributed by atoms with Crippen LogP contribution < -0.4 is 0 Å². The van der Waals surface area contributed by atoms with E-state index in [1.165, 1.54) is 0 Å². The second-order valence-corrected chi connectivity index (χ2v) is 5.51. The maximum Gasteiger partial charge on any atom is 0.410 e. The van der Waals surface area contributed by atoms with E-state index in [-0.39, 0.29) is 24.0 Å². The molecule has 1 aliphatic rings. The molecule has 0 aromatic heterocycles. The van der Waals surface area contributed by atoms with Crippen LogP contribution in [0.4, 0.5) is 4.79 Å². The van der Waals surface area contributed by atoms with Crippen LogP contribution in [0.25, 0.3) is 0 Å². The number of carbonyl (C=O) groups excluding carboxylic acids is 2. The van der Waals surface area contributed by atoms with Crippen molar-refractivity contribution in [2.24, 2.45) is 0 Å². The summed E-state index contributed by atoms with van der Waals surface area (Å²) in [5.41, 5.74) is 1.77. The van der Waals surface area contributed by atoms with Gasteiger partial charge in [0.1, 0.15) is 0 Å². The maximum atomic E-state index is 12.5. The van der Waals surface area contributed by atoms with Gasteiger partial charge < -0.3 is 4.74 Å². The topological polar surface area (TPSA) is 46.6 Å². The van der Waals surface area contributed by atoms with Crippen molar-refractivity contribution in [1.82, 2.24) is 4.90 Å². The lowest BCUT2D eigenvalue weighted by atomic mass is 10.0. The molecule has 108 valence electrons. The van der Waals surface area contributed by atoms with Crippen molar-refractivity contribution in [1.29, 1.82) is 0 Å². The molecule has 2 rings (SSSR count). The number of benzene rings is 1. The third kappa shape index (κ3) is 3.18. The fourth-order valence-electron chi connectivity index (χ4n) is 2.44. The van der Waals surface area contributed by atoms with Gasteiger partial charge in [0, 0.05) is 12.1 Å². The summed E-state index contributed by atoms with van der Waals surface area (Å²) in [4.78, 5) is 26.1. The summed E-state index contributed by atoms with van der Waals surface area (Å²) in [6.45, 7) is 6.19. The molecule has 1 amide bonds. The highest BCUT2D eigenvalue weighted by atomic mass is 16.6. The normalized spacial score (nSPS) is 18.4. The largest absolute Gasteiger partial charge is 0.447 e. The van der Waals surface area contributed by atoms with Gasteiger partial charge in [-0.1, -0.05) is 29.8 Å². The van der Waals surface area contributed by atoms with Gasteiger partial charge in [-0.15, -0.1) is 0 Å². The fraction of sp³-hybridized carbons (Fsp3) is 0.500. The van der Waals surface area contributed by atoms with Crippen molar-refractivity contribution in [3.8, 4) is 0 Å². The molecule has 1 aromatic rings. The number of ketones is 1. The molecule has 1 heterocycles. The smallest absolute Gasteiger partial charge is 0.410 e. The molecule has 20 heavy (non-hydrogen) atoms. The van der Waals surface area contributed by atoms with Crippen LogP contribution in [0, 0.1) is 6.92 Å². The van der Waals surface area contributed by atoms with E-state index >= 15 is 0 Å². The Morgan fingerprint density at radius 2 is 1.90 bits per heavy atom. The third-order valence-corrected chi connectivity index (χ3v) is 3.46. The zero-order chi connectivity index (χ0) is 14.7. The van der Waals surface area contributed by atoms with Gasteiger partial charge >= 0.3 is 6.09 Å². The van der Waals surface area contributed by atoms with E-state index in [4.69, 9.17) is 4.74 Å². The second-order valence-electron chi connectivity index (χ2n) is 5.51. The van der Waals surface area contributed by atoms with Gasteiger partial charge in [0.25, 0.3) is 0 Å². The van der Waals surface area contributed by atoms with Crippen molar-refractivity contribution < 1.29 is 14.3 Å². The summed E-state index contributed by atoms with van der Waals surface area (Å²) < 4.78 is 5.20. The van der Waals surface area contributed by atoms with E-state index in [1.807, 2.05) is 45.0 Å². The number of carbonyl (C=O) groups is 2. The second kappa shape index (κ2) is 6.07. The number of ether oxygens (including phenoxy) is 1. The molecule has 4 nitrogen and oxygen atoms in total. The van der Waals surface area contributed by atoms with E-state index in [0.717, 1.165) is 12.0 Å². The van der Waals surface area contributed by atoms with Gasteiger partial charge in [-0.25, -0.2) is 4.79 Å². The van der Waals surface area contributed by atoms with Gasteiger partial charge in [0.05, 0.1) is 12.1 Å². The van der Waals surface area contributed by atoms with Crippen molar-refractivity contribution in [2.45, 2.75) is 45.8 Å². The zero-order valence-corrected chi connectivity index (χ0v) is 12.3.